The lowest BCUT2D eigenvalue weighted by Crippen LogP contribution is -2.53. The van der Waals surface area contributed by atoms with Crippen LogP contribution in [0.4, 0.5) is 0 Å². The molecule has 6 nitrogen and oxygen atoms in total. The molecule has 0 saturated carbocycles. The first-order valence-electron chi connectivity index (χ1n) is 9.89. The SMILES string of the molecule is Cc1ccccc1S(=O)(=O)N1CCN(C2CCN(CCC(C)C)C2=O)CC1. The number of sulfonamides is 1. The standard InChI is InChI=1S/C20H31N3O3S/c1-16(2)8-10-22-11-9-18(20(22)24)21-12-14-23(15-13-21)27(25,26)19-7-5-4-6-17(19)3/h4-7,16,18H,8-15H2,1-3H3. The van der Waals surface area contributed by atoms with E-state index in [0.717, 1.165) is 31.5 Å². The average Bonchev–Trinajstić information content (AvgIpc) is 3.01. The first-order valence-corrected chi connectivity index (χ1v) is 11.3. The molecule has 0 aliphatic carbocycles. The van der Waals surface area contributed by atoms with Gasteiger partial charge in [0, 0.05) is 39.3 Å². The molecule has 27 heavy (non-hydrogen) atoms. The van der Waals surface area contributed by atoms with Crippen molar-refractivity contribution < 1.29 is 13.2 Å². The number of nitrogens with zero attached hydrogens (tertiary/aromatic N) is 3. The van der Waals surface area contributed by atoms with Gasteiger partial charge in [-0.2, -0.15) is 4.31 Å². The van der Waals surface area contributed by atoms with Crippen LogP contribution in [0.1, 0.15) is 32.3 Å². The third-order valence-corrected chi connectivity index (χ3v) is 7.73. The molecule has 7 heteroatoms. The van der Waals surface area contributed by atoms with Crippen LogP contribution in [0.5, 0.6) is 0 Å². The zero-order valence-corrected chi connectivity index (χ0v) is 17.4. The van der Waals surface area contributed by atoms with Crippen molar-refractivity contribution in [2.24, 2.45) is 5.92 Å². The topological polar surface area (TPSA) is 60.9 Å². The zero-order chi connectivity index (χ0) is 19.6. The van der Waals surface area contributed by atoms with E-state index in [4.69, 9.17) is 0 Å². The van der Waals surface area contributed by atoms with Gasteiger partial charge in [0.05, 0.1) is 10.9 Å². The lowest BCUT2D eigenvalue weighted by Gasteiger charge is -2.36. The molecule has 2 aliphatic heterocycles. The molecule has 1 atom stereocenters. The van der Waals surface area contributed by atoms with Gasteiger partial charge in [-0.15, -0.1) is 0 Å². The van der Waals surface area contributed by atoms with Crippen molar-refractivity contribution in [3.8, 4) is 0 Å². The highest BCUT2D eigenvalue weighted by atomic mass is 32.2. The zero-order valence-electron chi connectivity index (χ0n) is 16.6. The number of hydrogen-bond donors (Lipinski definition) is 0. The van der Waals surface area contributed by atoms with E-state index in [2.05, 4.69) is 18.7 Å². The van der Waals surface area contributed by atoms with Crippen LogP contribution in [0, 0.1) is 12.8 Å². The van der Waals surface area contributed by atoms with E-state index in [1.54, 1.807) is 16.4 Å². The molecule has 1 amide bonds. The van der Waals surface area contributed by atoms with Gasteiger partial charge in [0.1, 0.15) is 0 Å². The number of piperazine rings is 1. The third-order valence-electron chi connectivity index (χ3n) is 5.67. The second kappa shape index (κ2) is 8.29. The Hall–Kier alpha value is -1.44. The summed E-state index contributed by atoms with van der Waals surface area (Å²) in [5.74, 6) is 0.804. The fourth-order valence-corrected chi connectivity index (χ4v) is 5.59. The molecule has 0 radical (unpaired) electrons. The van der Waals surface area contributed by atoms with Crippen molar-refractivity contribution in [3.63, 3.8) is 0 Å². The number of rotatable bonds is 6. The normalized spacial score (nSPS) is 22.7. The number of carbonyl (C=O) groups is 1. The molecule has 0 N–H and O–H groups in total. The average molecular weight is 394 g/mol. The maximum atomic E-state index is 12.9. The third kappa shape index (κ3) is 4.36. The fourth-order valence-electron chi connectivity index (χ4n) is 3.94. The number of likely N-dealkylation sites (tertiary alicyclic amines) is 1. The maximum Gasteiger partial charge on any atom is 0.243 e. The van der Waals surface area contributed by atoms with Crippen LogP contribution in [-0.2, 0) is 14.8 Å². The lowest BCUT2D eigenvalue weighted by atomic mass is 10.1. The molecule has 2 saturated heterocycles. The summed E-state index contributed by atoms with van der Waals surface area (Å²) in [4.78, 5) is 17.2. The predicted octanol–water partition coefficient (Wildman–Crippen LogP) is 1.95. The fraction of sp³-hybridized carbons (Fsp3) is 0.650. The second-order valence-corrected chi connectivity index (χ2v) is 9.92. The highest BCUT2D eigenvalue weighted by Crippen LogP contribution is 2.24. The summed E-state index contributed by atoms with van der Waals surface area (Å²) in [6.07, 6.45) is 1.88. The molecular weight excluding hydrogens is 362 g/mol. The smallest absolute Gasteiger partial charge is 0.243 e. The monoisotopic (exact) mass is 393 g/mol. The van der Waals surface area contributed by atoms with Gasteiger partial charge in [-0.3, -0.25) is 9.69 Å². The molecular formula is C20H31N3O3S. The molecule has 0 aromatic heterocycles. The Kier molecular flexibility index (Phi) is 6.23. The van der Waals surface area contributed by atoms with Crippen LogP contribution < -0.4 is 0 Å². The van der Waals surface area contributed by atoms with Crippen molar-refractivity contribution in [3.05, 3.63) is 29.8 Å². The summed E-state index contributed by atoms with van der Waals surface area (Å²) in [7, 11) is -3.47. The quantitative estimate of drug-likeness (QED) is 0.741. The van der Waals surface area contributed by atoms with Gasteiger partial charge in [-0.1, -0.05) is 32.0 Å². The summed E-state index contributed by atoms with van der Waals surface area (Å²) in [5.41, 5.74) is 0.770. The Balaban J connectivity index is 1.59. The molecule has 1 unspecified atom stereocenters. The van der Waals surface area contributed by atoms with Crippen molar-refractivity contribution in [1.82, 2.24) is 14.1 Å². The van der Waals surface area contributed by atoms with Gasteiger partial charge in [0.2, 0.25) is 15.9 Å². The molecule has 2 heterocycles. The van der Waals surface area contributed by atoms with E-state index in [-0.39, 0.29) is 11.9 Å². The number of amides is 1. The van der Waals surface area contributed by atoms with E-state index >= 15 is 0 Å². The van der Waals surface area contributed by atoms with Crippen LogP contribution in [0.25, 0.3) is 0 Å². The maximum absolute atomic E-state index is 12.9. The molecule has 2 fully saturated rings. The van der Waals surface area contributed by atoms with E-state index in [1.807, 2.05) is 24.0 Å². The summed E-state index contributed by atoms with van der Waals surface area (Å²) < 4.78 is 27.4. The molecule has 150 valence electrons. The highest BCUT2D eigenvalue weighted by molar-refractivity contribution is 7.89. The number of carbonyl (C=O) groups excluding carboxylic acids is 1. The van der Waals surface area contributed by atoms with Crippen LogP contribution in [0.3, 0.4) is 0 Å². The van der Waals surface area contributed by atoms with Crippen LogP contribution in [0.2, 0.25) is 0 Å². The summed E-state index contributed by atoms with van der Waals surface area (Å²) >= 11 is 0. The largest absolute Gasteiger partial charge is 0.341 e. The Morgan fingerprint density at radius 2 is 1.74 bits per heavy atom. The molecule has 2 aliphatic rings. The van der Waals surface area contributed by atoms with Gasteiger partial charge >= 0.3 is 0 Å². The summed E-state index contributed by atoms with van der Waals surface area (Å²) in [6, 6.07) is 7.03. The summed E-state index contributed by atoms with van der Waals surface area (Å²) in [6.45, 7) is 9.91. The van der Waals surface area contributed by atoms with Gasteiger partial charge in [-0.25, -0.2) is 8.42 Å². The Bertz CT molecular complexity index is 770. The van der Waals surface area contributed by atoms with Gasteiger partial charge in [-0.05, 0) is 37.3 Å². The molecule has 0 bridgehead atoms. The van der Waals surface area contributed by atoms with E-state index in [9.17, 15) is 13.2 Å². The minimum Gasteiger partial charge on any atom is -0.341 e. The molecule has 1 aromatic carbocycles. The number of benzene rings is 1. The van der Waals surface area contributed by atoms with Gasteiger partial charge < -0.3 is 4.90 Å². The number of aryl methyl sites for hydroxylation is 1. The first-order chi connectivity index (χ1) is 12.8. The van der Waals surface area contributed by atoms with Crippen molar-refractivity contribution in [2.75, 3.05) is 39.3 Å². The van der Waals surface area contributed by atoms with E-state index in [1.165, 1.54) is 0 Å². The number of hydrogen-bond acceptors (Lipinski definition) is 4. The minimum atomic E-state index is -3.47. The van der Waals surface area contributed by atoms with E-state index in [0.29, 0.717) is 37.0 Å². The lowest BCUT2D eigenvalue weighted by molar-refractivity contribution is -0.132. The Morgan fingerprint density at radius 3 is 2.37 bits per heavy atom. The molecule has 3 rings (SSSR count). The van der Waals surface area contributed by atoms with Gasteiger partial charge in [0.15, 0.2) is 0 Å². The predicted molar refractivity (Wildman–Crippen MR) is 106 cm³/mol. The highest BCUT2D eigenvalue weighted by Gasteiger charge is 2.38. The Labute approximate surface area is 163 Å². The molecule has 1 aromatic rings. The van der Waals surface area contributed by atoms with Crippen LogP contribution in [-0.4, -0.2) is 73.7 Å². The van der Waals surface area contributed by atoms with Crippen LogP contribution >= 0.6 is 0 Å². The van der Waals surface area contributed by atoms with Crippen molar-refractivity contribution in [2.45, 2.75) is 44.6 Å². The van der Waals surface area contributed by atoms with Gasteiger partial charge in [0.25, 0.3) is 0 Å². The second-order valence-electron chi connectivity index (χ2n) is 8.02. The van der Waals surface area contributed by atoms with Crippen LogP contribution in [0.15, 0.2) is 29.2 Å². The van der Waals surface area contributed by atoms with Crippen molar-refractivity contribution >= 4 is 15.9 Å². The summed E-state index contributed by atoms with van der Waals surface area (Å²) in [5, 5.41) is 0. The minimum absolute atomic E-state index is 0.0829. The van der Waals surface area contributed by atoms with Crippen molar-refractivity contribution in [1.29, 1.82) is 0 Å². The molecule has 0 spiro atoms. The first kappa shape index (κ1) is 20.3. The van der Waals surface area contributed by atoms with E-state index < -0.39 is 10.0 Å². The Morgan fingerprint density at radius 1 is 1.07 bits per heavy atom.